The lowest BCUT2D eigenvalue weighted by atomic mass is 10.1. The maximum atomic E-state index is 12.2. The van der Waals surface area contributed by atoms with Crippen molar-refractivity contribution in [2.24, 2.45) is 0 Å². The van der Waals surface area contributed by atoms with Crippen molar-refractivity contribution < 1.29 is 24.2 Å². The van der Waals surface area contributed by atoms with Crippen LogP contribution in [0.25, 0.3) is 0 Å². The van der Waals surface area contributed by atoms with Crippen LogP contribution in [0.4, 0.5) is 0 Å². The van der Waals surface area contributed by atoms with Crippen molar-refractivity contribution in [1.29, 1.82) is 0 Å². The summed E-state index contributed by atoms with van der Waals surface area (Å²) in [6.45, 7) is 5.65. The second kappa shape index (κ2) is 9.47. The van der Waals surface area contributed by atoms with Crippen LogP contribution >= 0.6 is 0 Å². The van der Waals surface area contributed by atoms with Crippen molar-refractivity contribution in [2.75, 3.05) is 19.8 Å². The SMILES string of the molecule is CCOCCOc1cc(C)ccc1CNC(=O)c1cnc(C(=O)O)cn1. The van der Waals surface area contributed by atoms with Gasteiger partial charge in [-0.1, -0.05) is 12.1 Å². The van der Waals surface area contributed by atoms with Gasteiger partial charge in [-0.3, -0.25) is 4.79 Å². The fraction of sp³-hybridized carbons (Fsp3) is 0.333. The van der Waals surface area contributed by atoms with E-state index in [0.717, 1.165) is 23.5 Å². The zero-order valence-electron chi connectivity index (χ0n) is 14.7. The van der Waals surface area contributed by atoms with E-state index in [1.54, 1.807) is 0 Å². The molecule has 0 unspecified atom stereocenters. The molecule has 0 atom stereocenters. The first-order valence-corrected chi connectivity index (χ1v) is 8.15. The van der Waals surface area contributed by atoms with E-state index in [1.165, 1.54) is 0 Å². The number of aromatic nitrogens is 2. The van der Waals surface area contributed by atoms with Crippen molar-refractivity contribution in [1.82, 2.24) is 15.3 Å². The van der Waals surface area contributed by atoms with Crippen LogP contribution in [0.15, 0.2) is 30.6 Å². The molecule has 26 heavy (non-hydrogen) atoms. The summed E-state index contributed by atoms with van der Waals surface area (Å²) < 4.78 is 11.0. The molecule has 0 saturated heterocycles. The van der Waals surface area contributed by atoms with Gasteiger partial charge in [-0.15, -0.1) is 0 Å². The zero-order chi connectivity index (χ0) is 18.9. The standard InChI is InChI=1S/C18H21N3O5/c1-3-25-6-7-26-16-8-12(2)4-5-13(16)9-21-17(22)14-10-20-15(11-19-14)18(23)24/h4-5,8,10-11H,3,6-7,9H2,1-2H3,(H,21,22)(H,23,24). The molecule has 0 aliphatic rings. The number of carbonyl (C=O) groups excluding carboxylic acids is 1. The predicted molar refractivity (Wildman–Crippen MR) is 93.3 cm³/mol. The van der Waals surface area contributed by atoms with E-state index >= 15 is 0 Å². The Labute approximate surface area is 151 Å². The lowest BCUT2D eigenvalue weighted by Crippen LogP contribution is -2.24. The van der Waals surface area contributed by atoms with Gasteiger partial charge in [-0.05, 0) is 25.5 Å². The van der Waals surface area contributed by atoms with Crippen LogP contribution in [0.1, 0.15) is 39.0 Å². The lowest BCUT2D eigenvalue weighted by Gasteiger charge is -2.13. The molecule has 2 rings (SSSR count). The maximum Gasteiger partial charge on any atom is 0.356 e. The van der Waals surface area contributed by atoms with Gasteiger partial charge in [0.1, 0.15) is 18.1 Å². The Morgan fingerprint density at radius 2 is 1.88 bits per heavy atom. The highest BCUT2D eigenvalue weighted by molar-refractivity contribution is 5.92. The summed E-state index contributed by atoms with van der Waals surface area (Å²) in [5.74, 6) is -0.967. The first-order chi connectivity index (χ1) is 12.5. The van der Waals surface area contributed by atoms with E-state index in [2.05, 4.69) is 15.3 Å². The van der Waals surface area contributed by atoms with Crippen molar-refractivity contribution in [3.63, 3.8) is 0 Å². The molecule has 2 aromatic rings. The topological polar surface area (TPSA) is 111 Å². The van der Waals surface area contributed by atoms with Gasteiger partial charge in [0, 0.05) is 18.7 Å². The third kappa shape index (κ3) is 5.52. The molecule has 0 aliphatic heterocycles. The number of carboxylic acid groups (broad SMARTS) is 1. The van der Waals surface area contributed by atoms with Crippen LogP contribution in [0.2, 0.25) is 0 Å². The molecule has 1 aromatic heterocycles. The molecule has 138 valence electrons. The molecule has 0 bridgehead atoms. The van der Waals surface area contributed by atoms with E-state index in [4.69, 9.17) is 14.6 Å². The number of amides is 1. The molecule has 8 heteroatoms. The number of aryl methyl sites for hydroxylation is 1. The largest absolute Gasteiger partial charge is 0.491 e. The van der Waals surface area contributed by atoms with Gasteiger partial charge in [0.25, 0.3) is 5.91 Å². The molecule has 0 radical (unpaired) electrons. The Hall–Kier alpha value is -3.00. The molecule has 0 fully saturated rings. The minimum absolute atomic E-state index is 0.0425. The number of benzene rings is 1. The molecule has 2 N–H and O–H groups in total. The number of carbonyl (C=O) groups is 2. The average Bonchev–Trinajstić information content (AvgIpc) is 2.64. The quantitative estimate of drug-likeness (QED) is 0.657. The first kappa shape index (κ1) is 19.3. The second-order valence-electron chi connectivity index (χ2n) is 5.43. The maximum absolute atomic E-state index is 12.2. The Balaban J connectivity index is 1.99. The molecule has 1 amide bonds. The van der Waals surface area contributed by atoms with Crippen LogP contribution in [0.3, 0.4) is 0 Å². The highest BCUT2D eigenvalue weighted by Crippen LogP contribution is 2.20. The summed E-state index contributed by atoms with van der Waals surface area (Å²) in [5, 5.41) is 11.5. The van der Waals surface area contributed by atoms with Crippen LogP contribution in [-0.4, -0.2) is 46.8 Å². The molecule has 0 saturated carbocycles. The summed E-state index contributed by atoms with van der Waals surface area (Å²) in [6.07, 6.45) is 2.18. The number of nitrogens with zero attached hydrogens (tertiary/aromatic N) is 2. The number of rotatable bonds is 9. The fourth-order valence-electron chi connectivity index (χ4n) is 2.12. The van der Waals surface area contributed by atoms with E-state index in [9.17, 15) is 9.59 Å². The van der Waals surface area contributed by atoms with Gasteiger partial charge in [0.15, 0.2) is 5.69 Å². The van der Waals surface area contributed by atoms with Gasteiger partial charge in [0.2, 0.25) is 0 Å². The summed E-state index contributed by atoms with van der Waals surface area (Å²) >= 11 is 0. The van der Waals surface area contributed by atoms with Crippen LogP contribution < -0.4 is 10.1 Å². The summed E-state index contributed by atoms with van der Waals surface area (Å²) in [5.41, 5.74) is 1.68. The molecule has 1 heterocycles. The Kier molecular flexibility index (Phi) is 7.04. The smallest absolute Gasteiger partial charge is 0.356 e. The summed E-state index contributed by atoms with van der Waals surface area (Å²) in [6, 6.07) is 5.71. The van der Waals surface area contributed by atoms with Crippen molar-refractivity contribution in [2.45, 2.75) is 20.4 Å². The molecule has 0 spiro atoms. The third-order valence-electron chi connectivity index (χ3n) is 3.46. The first-order valence-electron chi connectivity index (χ1n) is 8.15. The highest BCUT2D eigenvalue weighted by Gasteiger charge is 2.12. The molecule has 0 aliphatic carbocycles. The van der Waals surface area contributed by atoms with E-state index in [-0.39, 0.29) is 17.9 Å². The second-order valence-corrected chi connectivity index (χ2v) is 5.43. The number of nitrogens with one attached hydrogen (secondary N) is 1. The molecule has 8 nitrogen and oxygen atoms in total. The molecular formula is C18H21N3O5. The van der Waals surface area contributed by atoms with Gasteiger partial charge >= 0.3 is 5.97 Å². The minimum Gasteiger partial charge on any atom is -0.491 e. The minimum atomic E-state index is -1.20. The number of ether oxygens (including phenoxy) is 2. The van der Waals surface area contributed by atoms with Crippen LogP contribution in [0.5, 0.6) is 5.75 Å². The van der Waals surface area contributed by atoms with Crippen molar-refractivity contribution >= 4 is 11.9 Å². The van der Waals surface area contributed by atoms with Gasteiger partial charge in [0.05, 0.1) is 19.0 Å². The number of aromatic carboxylic acids is 1. The Bertz CT molecular complexity index is 762. The van der Waals surface area contributed by atoms with Crippen LogP contribution in [-0.2, 0) is 11.3 Å². The van der Waals surface area contributed by atoms with Gasteiger partial charge in [-0.25, -0.2) is 14.8 Å². The normalized spacial score (nSPS) is 10.4. The summed E-state index contributed by atoms with van der Waals surface area (Å²) in [4.78, 5) is 30.4. The molecule has 1 aromatic carbocycles. The van der Waals surface area contributed by atoms with Crippen LogP contribution in [0, 0.1) is 6.92 Å². The highest BCUT2D eigenvalue weighted by atomic mass is 16.5. The Morgan fingerprint density at radius 1 is 1.15 bits per heavy atom. The van der Waals surface area contributed by atoms with Gasteiger partial charge in [-0.2, -0.15) is 0 Å². The lowest BCUT2D eigenvalue weighted by molar-refractivity contribution is 0.0689. The monoisotopic (exact) mass is 359 g/mol. The molecular weight excluding hydrogens is 338 g/mol. The number of hydrogen-bond donors (Lipinski definition) is 2. The van der Waals surface area contributed by atoms with Crippen molar-refractivity contribution in [3.8, 4) is 5.75 Å². The van der Waals surface area contributed by atoms with Gasteiger partial charge < -0.3 is 19.9 Å². The third-order valence-corrected chi connectivity index (χ3v) is 3.46. The summed E-state index contributed by atoms with van der Waals surface area (Å²) in [7, 11) is 0. The fourth-order valence-corrected chi connectivity index (χ4v) is 2.12. The van der Waals surface area contributed by atoms with E-state index < -0.39 is 11.9 Å². The predicted octanol–water partition coefficient (Wildman–Crippen LogP) is 1.83. The van der Waals surface area contributed by atoms with E-state index in [0.29, 0.717) is 25.6 Å². The van der Waals surface area contributed by atoms with E-state index in [1.807, 2.05) is 32.0 Å². The number of carboxylic acids is 1. The average molecular weight is 359 g/mol. The van der Waals surface area contributed by atoms with Crippen molar-refractivity contribution in [3.05, 3.63) is 53.1 Å². The zero-order valence-corrected chi connectivity index (χ0v) is 14.7. The number of hydrogen-bond acceptors (Lipinski definition) is 6. The Morgan fingerprint density at radius 3 is 2.54 bits per heavy atom.